The van der Waals surface area contributed by atoms with Crippen LogP contribution in [0.25, 0.3) is 10.9 Å². The Labute approximate surface area is 169 Å². The first-order valence-corrected chi connectivity index (χ1v) is 10.8. The highest BCUT2D eigenvalue weighted by molar-refractivity contribution is 9.10. The molecule has 1 unspecified atom stereocenters. The van der Waals surface area contributed by atoms with Crippen molar-refractivity contribution in [2.24, 2.45) is 0 Å². The van der Waals surface area contributed by atoms with Crippen LogP contribution in [-0.4, -0.2) is 58.7 Å². The van der Waals surface area contributed by atoms with Gasteiger partial charge < -0.3 is 20.1 Å². The molecule has 1 aromatic heterocycles. The molecule has 2 N–H and O–H groups in total. The van der Waals surface area contributed by atoms with Crippen molar-refractivity contribution in [3.8, 4) is 0 Å². The van der Waals surface area contributed by atoms with Crippen molar-refractivity contribution in [1.82, 2.24) is 20.1 Å². The summed E-state index contributed by atoms with van der Waals surface area (Å²) < 4.78 is 1.16. The molecule has 1 aromatic carbocycles. The standard InChI is InChI=1S/C20H27BrN4S/c1-4-25(5-2)20(26)23-14-9-15-16-7-13(21)8-17-19(16)12(10-22-17)6-18(15)24(3)11-14/h7-8,10,14-15,18,22H,4-6,9,11H2,1-3H3,(H,23,26)/t14-,15?,18+/m0/s1. The molecule has 4 rings (SSSR count). The summed E-state index contributed by atoms with van der Waals surface area (Å²) in [6, 6.07) is 5.48. The highest BCUT2D eigenvalue weighted by Crippen LogP contribution is 2.44. The number of aromatic amines is 1. The van der Waals surface area contributed by atoms with E-state index in [0.29, 0.717) is 18.0 Å². The molecule has 140 valence electrons. The minimum absolute atomic E-state index is 0.392. The van der Waals surface area contributed by atoms with Gasteiger partial charge in [-0.15, -0.1) is 0 Å². The fraction of sp³-hybridized carbons (Fsp3) is 0.550. The van der Waals surface area contributed by atoms with Gasteiger partial charge in [0.2, 0.25) is 0 Å². The number of rotatable bonds is 3. The number of hydrogen-bond acceptors (Lipinski definition) is 2. The van der Waals surface area contributed by atoms with Crippen LogP contribution in [0.1, 0.15) is 37.3 Å². The van der Waals surface area contributed by atoms with Gasteiger partial charge in [0, 0.05) is 59.2 Å². The molecule has 1 fully saturated rings. The number of likely N-dealkylation sites (tertiary alicyclic amines) is 1. The van der Waals surface area contributed by atoms with E-state index in [9.17, 15) is 0 Å². The van der Waals surface area contributed by atoms with Gasteiger partial charge in [-0.05, 0) is 69.2 Å². The molecule has 3 atom stereocenters. The Morgan fingerprint density at radius 3 is 2.88 bits per heavy atom. The van der Waals surface area contributed by atoms with Crippen molar-refractivity contribution in [1.29, 1.82) is 0 Å². The van der Waals surface area contributed by atoms with E-state index in [0.717, 1.165) is 42.1 Å². The van der Waals surface area contributed by atoms with E-state index in [4.69, 9.17) is 12.2 Å². The molecule has 0 saturated carbocycles. The summed E-state index contributed by atoms with van der Waals surface area (Å²) in [5.41, 5.74) is 4.19. The molecule has 1 aliphatic heterocycles. The maximum atomic E-state index is 5.66. The molecule has 1 saturated heterocycles. The second-order valence-electron chi connectivity index (χ2n) is 7.60. The van der Waals surface area contributed by atoms with E-state index in [1.807, 2.05) is 0 Å². The van der Waals surface area contributed by atoms with Crippen LogP contribution in [0, 0.1) is 0 Å². The summed E-state index contributed by atoms with van der Waals surface area (Å²) in [6.07, 6.45) is 4.46. The Balaban J connectivity index is 1.63. The molecule has 4 nitrogen and oxygen atoms in total. The molecular weight excluding hydrogens is 408 g/mol. The average molecular weight is 435 g/mol. The van der Waals surface area contributed by atoms with Crippen molar-refractivity contribution < 1.29 is 0 Å². The first kappa shape index (κ1) is 18.3. The van der Waals surface area contributed by atoms with Gasteiger partial charge in [0.05, 0.1) is 0 Å². The van der Waals surface area contributed by atoms with E-state index in [1.54, 1.807) is 0 Å². The van der Waals surface area contributed by atoms with Crippen LogP contribution in [0.4, 0.5) is 0 Å². The number of thiocarbonyl (C=S) groups is 1. The van der Waals surface area contributed by atoms with E-state index < -0.39 is 0 Å². The Bertz CT molecular complexity index is 829. The lowest BCUT2D eigenvalue weighted by Gasteiger charge is -2.46. The molecule has 26 heavy (non-hydrogen) atoms. The largest absolute Gasteiger partial charge is 0.361 e. The summed E-state index contributed by atoms with van der Waals surface area (Å²) in [6.45, 7) is 7.27. The van der Waals surface area contributed by atoms with Gasteiger partial charge in [-0.25, -0.2) is 0 Å². The third kappa shape index (κ3) is 3.06. The minimum Gasteiger partial charge on any atom is -0.361 e. The van der Waals surface area contributed by atoms with Gasteiger partial charge in [-0.1, -0.05) is 15.9 Å². The van der Waals surface area contributed by atoms with Crippen LogP contribution >= 0.6 is 28.1 Å². The van der Waals surface area contributed by atoms with E-state index in [-0.39, 0.29) is 0 Å². The second kappa shape index (κ2) is 7.13. The van der Waals surface area contributed by atoms with Crippen LogP contribution in [0.5, 0.6) is 0 Å². The molecule has 2 heterocycles. The summed E-state index contributed by atoms with van der Waals surface area (Å²) in [4.78, 5) is 8.22. The molecule has 0 amide bonds. The lowest BCUT2D eigenvalue weighted by Crippen LogP contribution is -2.56. The van der Waals surface area contributed by atoms with Crippen molar-refractivity contribution in [2.45, 2.75) is 44.7 Å². The Morgan fingerprint density at radius 2 is 2.15 bits per heavy atom. The van der Waals surface area contributed by atoms with Gasteiger partial charge in [-0.2, -0.15) is 0 Å². The molecule has 2 aromatic rings. The van der Waals surface area contributed by atoms with Gasteiger partial charge in [0.15, 0.2) is 5.11 Å². The highest BCUT2D eigenvalue weighted by atomic mass is 79.9. The van der Waals surface area contributed by atoms with Crippen LogP contribution in [-0.2, 0) is 6.42 Å². The Kier molecular flexibility index (Phi) is 5.01. The molecule has 0 bridgehead atoms. The van der Waals surface area contributed by atoms with Crippen molar-refractivity contribution in [3.63, 3.8) is 0 Å². The summed E-state index contributed by atoms with van der Waals surface area (Å²) in [7, 11) is 2.26. The Morgan fingerprint density at radius 1 is 1.38 bits per heavy atom. The fourth-order valence-electron chi connectivity index (χ4n) is 4.86. The number of nitrogens with zero attached hydrogens (tertiary/aromatic N) is 2. The first-order chi connectivity index (χ1) is 12.5. The predicted octanol–water partition coefficient (Wildman–Crippen LogP) is 3.86. The average Bonchev–Trinajstić information content (AvgIpc) is 3.00. The van der Waals surface area contributed by atoms with E-state index in [1.165, 1.54) is 22.0 Å². The van der Waals surface area contributed by atoms with Crippen LogP contribution in [0.3, 0.4) is 0 Å². The summed E-state index contributed by atoms with van der Waals surface area (Å²) in [5, 5.41) is 5.98. The topological polar surface area (TPSA) is 34.3 Å². The number of H-pyrrole nitrogens is 1. The molecular formula is C20H27BrN4S. The lowest BCUT2D eigenvalue weighted by molar-refractivity contribution is 0.133. The Hall–Kier alpha value is -1.11. The number of halogens is 1. The zero-order chi connectivity index (χ0) is 18.4. The maximum absolute atomic E-state index is 5.66. The SMILES string of the molecule is CCN(CC)C(=S)N[C@H]1CC2c3cc(Br)cc4[nH]cc(c34)C[C@H]2N(C)C1. The van der Waals surface area contributed by atoms with Crippen LogP contribution < -0.4 is 5.32 Å². The first-order valence-electron chi connectivity index (χ1n) is 9.56. The third-order valence-electron chi connectivity index (χ3n) is 6.14. The number of benzene rings is 1. The van der Waals surface area contributed by atoms with E-state index in [2.05, 4.69) is 75.3 Å². The minimum atomic E-state index is 0.392. The fourth-order valence-corrected chi connectivity index (χ4v) is 5.76. The zero-order valence-electron chi connectivity index (χ0n) is 15.7. The monoisotopic (exact) mass is 434 g/mol. The third-order valence-corrected chi connectivity index (χ3v) is 6.97. The van der Waals surface area contributed by atoms with Crippen molar-refractivity contribution >= 4 is 44.2 Å². The van der Waals surface area contributed by atoms with Crippen molar-refractivity contribution in [2.75, 3.05) is 26.7 Å². The molecule has 2 aliphatic rings. The number of fused-ring (bicyclic) bond motifs is 2. The van der Waals surface area contributed by atoms with Crippen molar-refractivity contribution in [3.05, 3.63) is 33.9 Å². The smallest absolute Gasteiger partial charge is 0.169 e. The summed E-state index contributed by atoms with van der Waals surface area (Å²) in [5.74, 6) is 0.536. The van der Waals surface area contributed by atoms with Gasteiger partial charge in [-0.3, -0.25) is 0 Å². The lowest BCUT2D eigenvalue weighted by atomic mass is 9.74. The highest BCUT2D eigenvalue weighted by Gasteiger charge is 2.39. The van der Waals surface area contributed by atoms with Crippen LogP contribution in [0.2, 0.25) is 0 Å². The molecule has 6 heteroatoms. The maximum Gasteiger partial charge on any atom is 0.169 e. The second-order valence-corrected chi connectivity index (χ2v) is 8.91. The predicted molar refractivity (Wildman–Crippen MR) is 116 cm³/mol. The normalized spacial score (nSPS) is 25.2. The van der Waals surface area contributed by atoms with Gasteiger partial charge in [0.25, 0.3) is 0 Å². The number of piperidine rings is 1. The summed E-state index contributed by atoms with van der Waals surface area (Å²) >= 11 is 9.36. The zero-order valence-corrected chi connectivity index (χ0v) is 18.1. The number of nitrogens with one attached hydrogen (secondary N) is 2. The van der Waals surface area contributed by atoms with Crippen LogP contribution in [0.15, 0.2) is 22.8 Å². The van der Waals surface area contributed by atoms with Gasteiger partial charge in [0.1, 0.15) is 0 Å². The number of hydrogen-bond donors (Lipinski definition) is 2. The molecule has 1 aliphatic carbocycles. The van der Waals surface area contributed by atoms with Gasteiger partial charge >= 0.3 is 0 Å². The molecule has 0 spiro atoms. The molecule has 0 radical (unpaired) electrons. The number of likely N-dealkylation sites (N-methyl/N-ethyl adjacent to an activating group) is 1. The quantitative estimate of drug-likeness (QED) is 0.718. The van der Waals surface area contributed by atoms with E-state index >= 15 is 0 Å². The number of aromatic nitrogens is 1.